The highest BCUT2D eigenvalue weighted by Gasteiger charge is 2.42. The third kappa shape index (κ3) is 5.48. The van der Waals surface area contributed by atoms with Gasteiger partial charge in [0.05, 0.1) is 6.04 Å². The first-order valence-corrected chi connectivity index (χ1v) is 12.8. The first-order chi connectivity index (χ1) is 15.4. The van der Waals surface area contributed by atoms with E-state index in [0.29, 0.717) is 6.54 Å². The van der Waals surface area contributed by atoms with Gasteiger partial charge in [0.15, 0.2) is 0 Å². The molecule has 1 amide bonds. The van der Waals surface area contributed by atoms with Gasteiger partial charge in [0.1, 0.15) is 0 Å². The number of thioether (sulfide) groups is 1. The summed E-state index contributed by atoms with van der Waals surface area (Å²) in [5.74, 6) is 1.86. The van der Waals surface area contributed by atoms with Crippen LogP contribution in [0.25, 0.3) is 0 Å². The molecule has 5 nitrogen and oxygen atoms in total. The van der Waals surface area contributed by atoms with E-state index in [-0.39, 0.29) is 22.9 Å². The number of carbonyl (C=O) groups is 1. The van der Waals surface area contributed by atoms with Crippen molar-refractivity contribution in [1.82, 2.24) is 10.2 Å². The van der Waals surface area contributed by atoms with Crippen LogP contribution in [0.4, 0.5) is 5.69 Å². The molecule has 1 fully saturated rings. The SMILES string of the molecule is CC(C)(N)CN[C@H](CSCc1ccccc1)C(=O)N1CCC2(CC1)CNc1ccccc12. The zero-order valence-electron chi connectivity index (χ0n) is 19.3. The minimum absolute atomic E-state index is 0.164. The number of para-hydroxylation sites is 1. The van der Waals surface area contributed by atoms with E-state index >= 15 is 0 Å². The summed E-state index contributed by atoms with van der Waals surface area (Å²) >= 11 is 1.81. The normalized spacial score (nSPS) is 18.3. The van der Waals surface area contributed by atoms with Crippen molar-refractivity contribution >= 4 is 23.4 Å². The van der Waals surface area contributed by atoms with E-state index in [4.69, 9.17) is 5.73 Å². The second kappa shape index (κ2) is 9.86. The molecule has 0 aliphatic carbocycles. The van der Waals surface area contributed by atoms with Gasteiger partial charge in [0.25, 0.3) is 0 Å². The van der Waals surface area contributed by atoms with E-state index in [1.54, 1.807) is 11.8 Å². The molecule has 0 radical (unpaired) electrons. The van der Waals surface area contributed by atoms with E-state index in [2.05, 4.69) is 64.1 Å². The van der Waals surface area contributed by atoms with Crippen molar-refractivity contribution in [3.63, 3.8) is 0 Å². The van der Waals surface area contributed by atoms with Gasteiger partial charge in [-0.15, -0.1) is 0 Å². The van der Waals surface area contributed by atoms with Crippen LogP contribution < -0.4 is 16.4 Å². The van der Waals surface area contributed by atoms with Crippen LogP contribution >= 0.6 is 11.8 Å². The van der Waals surface area contributed by atoms with E-state index < -0.39 is 0 Å². The topological polar surface area (TPSA) is 70.4 Å². The van der Waals surface area contributed by atoms with Crippen molar-refractivity contribution in [2.24, 2.45) is 5.73 Å². The first-order valence-electron chi connectivity index (χ1n) is 11.6. The number of nitrogens with zero attached hydrogens (tertiary/aromatic N) is 1. The van der Waals surface area contributed by atoms with Crippen LogP contribution in [-0.4, -0.2) is 54.3 Å². The first kappa shape index (κ1) is 23.1. The van der Waals surface area contributed by atoms with Crippen LogP contribution in [0.15, 0.2) is 54.6 Å². The largest absolute Gasteiger partial charge is 0.384 e. The van der Waals surface area contributed by atoms with Crippen LogP contribution in [-0.2, 0) is 16.0 Å². The summed E-state index contributed by atoms with van der Waals surface area (Å²) in [6.07, 6.45) is 2.02. The number of benzene rings is 2. The third-order valence-corrected chi connectivity index (χ3v) is 7.75. The molecule has 2 heterocycles. The van der Waals surface area contributed by atoms with E-state index in [1.165, 1.54) is 16.8 Å². The molecule has 0 bridgehead atoms. The van der Waals surface area contributed by atoms with E-state index in [1.807, 2.05) is 19.9 Å². The maximum Gasteiger partial charge on any atom is 0.240 e. The lowest BCUT2D eigenvalue weighted by molar-refractivity contribution is -0.134. The standard InChI is InChI=1S/C26H36N4OS/c1-25(2,27)18-28-23(17-32-16-20-8-4-3-5-9-20)24(31)30-14-12-26(13-15-30)19-29-22-11-7-6-10-21(22)26/h3-11,23,28-29H,12-19,27H2,1-2H3/t23-/m1/s1. The molecule has 4 rings (SSSR count). The number of nitrogens with one attached hydrogen (secondary N) is 2. The Hall–Kier alpha value is -2.02. The number of hydrogen-bond acceptors (Lipinski definition) is 5. The van der Waals surface area contributed by atoms with Crippen LogP contribution in [0.5, 0.6) is 0 Å². The molecule has 2 aromatic carbocycles. The number of rotatable bonds is 8. The summed E-state index contributed by atoms with van der Waals surface area (Å²) in [6.45, 7) is 7.20. The molecule has 2 aliphatic rings. The second-order valence-electron chi connectivity index (χ2n) is 9.93. The molecule has 0 unspecified atom stereocenters. The quantitative estimate of drug-likeness (QED) is 0.571. The maximum atomic E-state index is 13.5. The molecular weight excluding hydrogens is 416 g/mol. The van der Waals surface area contributed by atoms with Crippen LogP contribution in [0.2, 0.25) is 0 Å². The summed E-state index contributed by atoms with van der Waals surface area (Å²) < 4.78 is 0. The van der Waals surface area contributed by atoms with Gasteiger partial charge < -0.3 is 21.3 Å². The van der Waals surface area contributed by atoms with E-state index in [9.17, 15) is 4.79 Å². The van der Waals surface area contributed by atoms with Gasteiger partial charge in [-0.25, -0.2) is 0 Å². The highest BCUT2D eigenvalue weighted by atomic mass is 32.2. The molecule has 1 atom stereocenters. The van der Waals surface area contributed by atoms with Gasteiger partial charge in [-0.1, -0.05) is 48.5 Å². The average Bonchev–Trinajstić information content (AvgIpc) is 3.14. The van der Waals surface area contributed by atoms with Crippen LogP contribution in [0.1, 0.15) is 37.8 Å². The molecule has 4 N–H and O–H groups in total. The Bertz CT molecular complexity index is 904. The fourth-order valence-corrected chi connectivity index (χ4v) is 5.80. The van der Waals surface area contributed by atoms with Crippen molar-refractivity contribution in [2.45, 2.75) is 49.4 Å². The summed E-state index contributed by atoms with van der Waals surface area (Å²) in [4.78, 5) is 15.6. The zero-order valence-corrected chi connectivity index (χ0v) is 20.1. The second-order valence-corrected chi connectivity index (χ2v) is 11.0. The van der Waals surface area contributed by atoms with Crippen molar-refractivity contribution in [3.8, 4) is 0 Å². The number of hydrogen-bond donors (Lipinski definition) is 3. The fraction of sp³-hybridized carbons (Fsp3) is 0.500. The number of amides is 1. The number of anilines is 1. The molecule has 32 heavy (non-hydrogen) atoms. The number of likely N-dealkylation sites (tertiary alicyclic amines) is 1. The summed E-state index contributed by atoms with van der Waals surface area (Å²) in [5.41, 5.74) is 9.98. The molecule has 2 aromatic rings. The molecule has 6 heteroatoms. The molecule has 172 valence electrons. The molecule has 1 spiro atoms. The lowest BCUT2D eigenvalue weighted by atomic mass is 9.74. The van der Waals surface area contributed by atoms with Gasteiger partial charge in [-0.2, -0.15) is 11.8 Å². The molecule has 0 saturated carbocycles. The Kier molecular flexibility index (Phi) is 7.13. The Labute approximate surface area is 196 Å². The molecular formula is C26H36N4OS. The summed E-state index contributed by atoms with van der Waals surface area (Å²) in [6, 6.07) is 18.9. The highest BCUT2D eigenvalue weighted by molar-refractivity contribution is 7.98. The lowest BCUT2D eigenvalue weighted by Crippen LogP contribution is -2.56. The van der Waals surface area contributed by atoms with Crippen molar-refractivity contribution in [2.75, 3.05) is 37.2 Å². The van der Waals surface area contributed by atoms with Crippen molar-refractivity contribution in [1.29, 1.82) is 0 Å². The Morgan fingerprint density at radius 1 is 1.16 bits per heavy atom. The smallest absolute Gasteiger partial charge is 0.240 e. The Morgan fingerprint density at radius 2 is 1.84 bits per heavy atom. The maximum absolute atomic E-state index is 13.5. The summed E-state index contributed by atoms with van der Waals surface area (Å²) in [5, 5.41) is 7.05. The fourth-order valence-electron chi connectivity index (χ4n) is 4.75. The van der Waals surface area contributed by atoms with Gasteiger partial charge >= 0.3 is 0 Å². The molecule has 1 saturated heterocycles. The minimum Gasteiger partial charge on any atom is -0.384 e. The van der Waals surface area contributed by atoms with Crippen LogP contribution in [0.3, 0.4) is 0 Å². The van der Waals surface area contributed by atoms with Crippen molar-refractivity contribution in [3.05, 3.63) is 65.7 Å². The number of nitrogens with two attached hydrogens (primary N) is 1. The lowest BCUT2D eigenvalue weighted by Gasteiger charge is -2.40. The predicted octanol–water partition coefficient (Wildman–Crippen LogP) is 3.60. The molecule has 0 aromatic heterocycles. The summed E-state index contributed by atoms with van der Waals surface area (Å²) in [7, 11) is 0. The number of carbonyl (C=O) groups excluding carboxylic acids is 1. The van der Waals surface area contributed by atoms with Crippen molar-refractivity contribution < 1.29 is 4.79 Å². The van der Waals surface area contributed by atoms with E-state index in [0.717, 1.165) is 44.0 Å². The zero-order chi connectivity index (χ0) is 22.6. The molecule has 2 aliphatic heterocycles. The van der Waals surface area contributed by atoms with Gasteiger partial charge in [0.2, 0.25) is 5.91 Å². The van der Waals surface area contributed by atoms with Crippen LogP contribution in [0, 0.1) is 0 Å². The minimum atomic E-state index is -0.353. The monoisotopic (exact) mass is 452 g/mol. The predicted molar refractivity (Wildman–Crippen MR) is 135 cm³/mol. The number of fused-ring (bicyclic) bond motifs is 2. The van der Waals surface area contributed by atoms with Gasteiger partial charge in [-0.3, -0.25) is 4.79 Å². The Balaban J connectivity index is 1.37. The Morgan fingerprint density at radius 3 is 2.56 bits per heavy atom. The van der Waals surface area contributed by atoms with Gasteiger partial charge in [-0.05, 0) is 43.9 Å². The number of piperidine rings is 1. The van der Waals surface area contributed by atoms with Gasteiger partial charge in [0, 0.05) is 54.3 Å². The third-order valence-electron chi connectivity index (χ3n) is 6.65. The highest BCUT2D eigenvalue weighted by Crippen LogP contribution is 2.43. The average molecular weight is 453 g/mol.